The molecule has 2 fully saturated rings. The number of likely N-dealkylation sites (tertiary alicyclic amines) is 2. The van der Waals surface area contributed by atoms with Crippen molar-refractivity contribution in [3.63, 3.8) is 0 Å². The summed E-state index contributed by atoms with van der Waals surface area (Å²) in [5.74, 6) is 0. The Balaban J connectivity index is 1.56. The summed E-state index contributed by atoms with van der Waals surface area (Å²) in [5, 5.41) is 9.82. The number of aliphatic hydroxyl groups excluding tert-OH is 1. The first-order valence-corrected chi connectivity index (χ1v) is 10.3. The lowest BCUT2D eigenvalue weighted by Gasteiger charge is -2.39. The summed E-state index contributed by atoms with van der Waals surface area (Å²) in [4.78, 5) is 28.4. The zero-order valence-electron chi connectivity index (χ0n) is 17.6. The molecular weight excluding hydrogens is 372 g/mol. The third kappa shape index (κ3) is 5.41. The molecule has 2 saturated heterocycles. The number of carbonyl (C=O) groups is 2. The first kappa shape index (κ1) is 21.4. The minimum Gasteiger partial charge on any atom is -0.445 e. The van der Waals surface area contributed by atoms with Crippen LogP contribution in [0.5, 0.6) is 0 Å². The van der Waals surface area contributed by atoms with Gasteiger partial charge in [-0.2, -0.15) is 0 Å². The van der Waals surface area contributed by atoms with Crippen molar-refractivity contribution < 1.29 is 24.2 Å². The third-order valence-corrected chi connectivity index (χ3v) is 5.74. The highest BCUT2D eigenvalue weighted by Crippen LogP contribution is 2.43. The van der Waals surface area contributed by atoms with Crippen LogP contribution in [0.15, 0.2) is 30.3 Å². The van der Waals surface area contributed by atoms with E-state index < -0.39 is 5.60 Å². The SMILES string of the molecule is CC(C)(C)OC(=O)N1CCC2(CC1)CC(CO)N(C(=O)OCc1ccccc1)C2. The van der Waals surface area contributed by atoms with Crippen LogP contribution in [-0.2, 0) is 16.1 Å². The lowest BCUT2D eigenvalue weighted by Crippen LogP contribution is -2.46. The number of carbonyl (C=O) groups excluding carboxylic acids is 2. The van der Waals surface area contributed by atoms with Gasteiger partial charge in [0.25, 0.3) is 0 Å². The number of nitrogens with zero attached hydrogens (tertiary/aromatic N) is 2. The number of rotatable bonds is 3. The Hall–Kier alpha value is -2.28. The van der Waals surface area contributed by atoms with Crippen molar-refractivity contribution in [1.82, 2.24) is 9.80 Å². The summed E-state index contributed by atoms with van der Waals surface area (Å²) in [5.41, 5.74) is 0.333. The quantitative estimate of drug-likeness (QED) is 0.835. The maximum Gasteiger partial charge on any atom is 0.410 e. The molecule has 2 heterocycles. The first-order chi connectivity index (χ1) is 13.7. The Labute approximate surface area is 172 Å². The van der Waals surface area contributed by atoms with E-state index in [0.29, 0.717) is 19.6 Å². The van der Waals surface area contributed by atoms with Gasteiger partial charge in [0.2, 0.25) is 0 Å². The van der Waals surface area contributed by atoms with Gasteiger partial charge in [-0.05, 0) is 51.0 Å². The smallest absolute Gasteiger partial charge is 0.410 e. The molecule has 160 valence electrons. The molecular formula is C22H32N2O5. The highest BCUT2D eigenvalue weighted by Gasteiger charge is 2.48. The van der Waals surface area contributed by atoms with Crippen molar-refractivity contribution in [1.29, 1.82) is 0 Å². The molecule has 1 spiro atoms. The van der Waals surface area contributed by atoms with Gasteiger partial charge in [0.05, 0.1) is 12.6 Å². The van der Waals surface area contributed by atoms with Gasteiger partial charge >= 0.3 is 12.2 Å². The molecule has 7 heteroatoms. The maximum absolute atomic E-state index is 12.7. The van der Waals surface area contributed by atoms with Gasteiger partial charge in [-0.25, -0.2) is 9.59 Å². The molecule has 1 unspecified atom stereocenters. The van der Waals surface area contributed by atoms with E-state index in [-0.39, 0.29) is 36.9 Å². The molecule has 0 aliphatic carbocycles. The number of amides is 2. The third-order valence-electron chi connectivity index (χ3n) is 5.74. The molecule has 29 heavy (non-hydrogen) atoms. The Morgan fingerprint density at radius 3 is 2.38 bits per heavy atom. The second-order valence-corrected chi connectivity index (χ2v) is 9.18. The van der Waals surface area contributed by atoms with E-state index in [1.807, 2.05) is 51.1 Å². The van der Waals surface area contributed by atoms with Crippen molar-refractivity contribution in [2.24, 2.45) is 5.41 Å². The Morgan fingerprint density at radius 1 is 1.14 bits per heavy atom. The van der Waals surface area contributed by atoms with Crippen LogP contribution in [0.3, 0.4) is 0 Å². The lowest BCUT2D eigenvalue weighted by molar-refractivity contribution is 0.0106. The molecule has 2 amide bonds. The van der Waals surface area contributed by atoms with Gasteiger partial charge in [-0.1, -0.05) is 30.3 Å². The molecule has 3 rings (SSSR count). The van der Waals surface area contributed by atoms with Crippen molar-refractivity contribution in [2.75, 3.05) is 26.2 Å². The maximum atomic E-state index is 12.7. The van der Waals surface area contributed by atoms with E-state index in [4.69, 9.17) is 9.47 Å². The van der Waals surface area contributed by atoms with E-state index in [1.54, 1.807) is 9.80 Å². The second-order valence-electron chi connectivity index (χ2n) is 9.18. The van der Waals surface area contributed by atoms with Crippen LogP contribution in [-0.4, -0.2) is 65.0 Å². The topological polar surface area (TPSA) is 79.3 Å². The lowest BCUT2D eigenvalue weighted by atomic mass is 9.77. The highest BCUT2D eigenvalue weighted by atomic mass is 16.6. The van der Waals surface area contributed by atoms with Crippen LogP contribution >= 0.6 is 0 Å². The molecule has 2 aliphatic rings. The van der Waals surface area contributed by atoms with Crippen molar-refractivity contribution in [2.45, 2.75) is 58.3 Å². The van der Waals surface area contributed by atoms with Crippen LogP contribution in [0.2, 0.25) is 0 Å². The normalized spacial score (nSPS) is 21.3. The molecule has 0 saturated carbocycles. The monoisotopic (exact) mass is 404 g/mol. The molecule has 1 aromatic carbocycles. The van der Waals surface area contributed by atoms with E-state index >= 15 is 0 Å². The average molecular weight is 405 g/mol. The minimum absolute atomic E-state index is 0.0854. The van der Waals surface area contributed by atoms with Gasteiger partial charge in [0.1, 0.15) is 12.2 Å². The molecule has 1 atom stereocenters. The van der Waals surface area contributed by atoms with Gasteiger partial charge in [0.15, 0.2) is 0 Å². The van der Waals surface area contributed by atoms with Crippen LogP contribution in [0.25, 0.3) is 0 Å². The van der Waals surface area contributed by atoms with E-state index in [9.17, 15) is 14.7 Å². The van der Waals surface area contributed by atoms with Crippen molar-refractivity contribution in [3.8, 4) is 0 Å². The summed E-state index contributed by atoms with van der Waals surface area (Å²) < 4.78 is 10.9. The summed E-state index contributed by atoms with van der Waals surface area (Å²) >= 11 is 0. The van der Waals surface area contributed by atoms with E-state index in [1.165, 1.54) is 0 Å². The molecule has 1 N–H and O–H groups in total. The fraction of sp³-hybridized carbons (Fsp3) is 0.636. The zero-order valence-corrected chi connectivity index (χ0v) is 17.6. The number of ether oxygens (including phenoxy) is 2. The van der Waals surface area contributed by atoms with Gasteiger partial charge in [-0.15, -0.1) is 0 Å². The Bertz CT molecular complexity index is 708. The van der Waals surface area contributed by atoms with Gasteiger partial charge in [0, 0.05) is 19.6 Å². The Morgan fingerprint density at radius 2 is 1.79 bits per heavy atom. The number of piperidine rings is 1. The molecule has 1 aromatic rings. The highest BCUT2D eigenvalue weighted by molar-refractivity contribution is 5.69. The second kappa shape index (κ2) is 8.61. The van der Waals surface area contributed by atoms with Crippen LogP contribution < -0.4 is 0 Å². The minimum atomic E-state index is -0.513. The van der Waals surface area contributed by atoms with Crippen LogP contribution in [0, 0.1) is 5.41 Å². The summed E-state index contributed by atoms with van der Waals surface area (Å²) in [6.45, 7) is 7.45. The predicted molar refractivity (Wildman–Crippen MR) is 108 cm³/mol. The molecule has 0 aromatic heterocycles. The fourth-order valence-corrected chi connectivity index (χ4v) is 4.20. The molecule has 0 radical (unpaired) electrons. The Kier molecular flexibility index (Phi) is 6.36. The van der Waals surface area contributed by atoms with E-state index in [2.05, 4.69) is 0 Å². The van der Waals surface area contributed by atoms with Crippen LogP contribution in [0.1, 0.15) is 45.6 Å². The molecule has 0 bridgehead atoms. The first-order valence-electron chi connectivity index (χ1n) is 10.3. The molecule has 7 nitrogen and oxygen atoms in total. The number of aliphatic hydroxyl groups is 1. The van der Waals surface area contributed by atoms with Crippen molar-refractivity contribution >= 4 is 12.2 Å². The number of benzene rings is 1. The van der Waals surface area contributed by atoms with E-state index in [0.717, 1.165) is 24.8 Å². The van der Waals surface area contributed by atoms with Crippen LogP contribution in [0.4, 0.5) is 9.59 Å². The summed E-state index contributed by atoms with van der Waals surface area (Å²) in [6.07, 6.45) is 1.62. The average Bonchev–Trinajstić information content (AvgIpc) is 3.04. The fourth-order valence-electron chi connectivity index (χ4n) is 4.20. The largest absolute Gasteiger partial charge is 0.445 e. The number of hydrogen-bond acceptors (Lipinski definition) is 5. The van der Waals surface area contributed by atoms with Gasteiger partial charge < -0.3 is 24.4 Å². The predicted octanol–water partition coefficient (Wildman–Crippen LogP) is 3.41. The molecule has 2 aliphatic heterocycles. The summed E-state index contributed by atoms with van der Waals surface area (Å²) in [7, 11) is 0. The summed E-state index contributed by atoms with van der Waals surface area (Å²) in [6, 6.07) is 9.31. The zero-order chi connectivity index (χ0) is 21.1. The standard InChI is InChI=1S/C22H32N2O5/c1-21(2,3)29-19(26)23-11-9-22(10-12-23)13-18(14-25)24(16-22)20(27)28-15-17-7-5-4-6-8-17/h4-8,18,25H,9-16H2,1-3H3. The number of hydrogen-bond donors (Lipinski definition) is 1. The van der Waals surface area contributed by atoms with Crippen molar-refractivity contribution in [3.05, 3.63) is 35.9 Å². The van der Waals surface area contributed by atoms with Gasteiger partial charge in [-0.3, -0.25) is 0 Å².